The molecule has 7 heteroatoms. The van der Waals surface area contributed by atoms with Crippen molar-refractivity contribution >= 4 is 11.6 Å². The van der Waals surface area contributed by atoms with Gasteiger partial charge in [-0.2, -0.15) is 0 Å². The Labute approximate surface area is 99.8 Å². The van der Waals surface area contributed by atoms with Crippen LogP contribution in [0.15, 0.2) is 12.1 Å². The average Bonchev–Trinajstić information content (AvgIpc) is 2.65. The lowest BCUT2D eigenvalue weighted by Gasteiger charge is -2.08. The first-order valence-corrected chi connectivity index (χ1v) is 5.17. The molecule has 2 aromatic rings. The number of hydrogen-bond donors (Lipinski definition) is 0. The largest absolute Gasteiger partial charge is 0.267 e. The van der Waals surface area contributed by atoms with Crippen molar-refractivity contribution in [3.63, 3.8) is 0 Å². The fraction of sp³-hybridized carbons (Fsp3) is 0.200. The topological polar surface area (TPSA) is 30.7 Å². The Balaban J connectivity index is 2.71. The van der Waals surface area contributed by atoms with Crippen LogP contribution in [0.5, 0.6) is 0 Å². The normalized spacial score (nSPS) is 10.9. The molecule has 0 radical (unpaired) electrons. The number of aryl methyl sites for hydroxylation is 1. The van der Waals surface area contributed by atoms with Crippen molar-refractivity contribution in [3.05, 3.63) is 40.7 Å². The quantitative estimate of drug-likeness (QED) is 0.778. The average molecular weight is 262 g/mol. The van der Waals surface area contributed by atoms with Crippen molar-refractivity contribution in [2.75, 3.05) is 0 Å². The third-order valence-corrected chi connectivity index (χ3v) is 2.47. The molecular formula is C10H7ClF3N3. The lowest BCUT2D eigenvalue weighted by atomic mass is 10.2. The first-order valence-electron chi connectivity index (χ1n) is 4.79. The van der Waals surface area contributed by atoms with Crippen molar-refractivity contribution < 1.29 is 13.2 Å². The molecule has 1 heterocycles. The summed E-state index contributed by atoms with van der Waals surface area (Å²) in [6.07, 6.45) is 0.400. The van der Waals surface area contributed by atoms with Gasteiger partial charge in [0.2, 0.25) is 5.28 Å². The maximum Gasteiger partial charge on any atom is 0.229 e. The molecule has 0 aliphatic rings. The van der Waals surface area contributed by atoms with E-state index in [0.717, 1.165) is 10.6 Å². The Morgan fingerprint density at radius 1 is 1.24 bits per heavy atom. The van der Waals surface area contributed by atoms with Crippen LogP contribution in [0.3, 0.4) is 0 Å². The molecular weight excluding hydrogens is 255 g/mol. The second kappa shape index (κ2) is 4.37. The number of aromatic nitrogens is 3. The first-order chi connectivity index (χ1) is 8.04. The van der Waals surface area contributed by atoms with Gasteiger partial charge in [0.05, 0.1) is 5.69 Å². The van der Waals surface area contributed by atoms with E-state index in [1.54, 1.807) is 6.92 Å². The molecule has 90 valence electrons. The highest BCUT2D eigenvalue weighted by molar-refractivity contribution is 6.28. The van der Waals surface area contributed by atoms with E-state index in [-0.39, 0.29) is 11.0 Å². The molecule has 0 saturated heterocycles. The van der Waals surface area contributed by atoms with E-state index in [1.807, 2.05) is 0 Å². The summed E-state index contributed by atoms with van der Waals surface area (Å²) in [6.45, 7) is 1.74. The van der Waals surface area contributed by atoms with Crippen LogP contribution in [-0.4, -0.2) is 14.8 Å². The summed E-state index contributed by atoms with van der Waals surface area (Å²) in [5.41, 5.74) is -0.339. The predicted octanol–water partition coefficient (Wildman–Crippen LogP) is 2.90. The Kier molecular flexibility index (Phi) is 3.06. The standard InChI is InChI=1S/C10H7ClF3N3/c1-2-8-15-16-10(11)17(8)7-4-5(12)3-6(13)9(7)14/h3-4H,2H2,1H3. The molecule has 3 nitrogen and oxygen atoms in total. The second-order valence-electron chi connectivity index (χ2n) is 3.29. The van der Waals surface area contributed by atoms with Gasteiger partial charge < -0.3 is 0 Å². The van der Waals surface area contributed by atoms with Crippen LogP contribution in [0.4, 0.5) is 13.2 Å². The molecule has 0 bridgehead atoms. The molecule has 0 aliphatic carbocycles. The van der Waals surface area contributed by atoms with Crippen molar-refractivity contribution in [1.29, 1.82) is 0 Å². The predicted molar refractivity (Wildman–Crippen MR) is 55.6 cm³/mol. The maximum atomic E-state index is 13.6. The molecule has 0 amide bonds. The van der Waals surface area contributed by atoms with Gasteiger partial charge in [-0.1, -0.05) is 6.92 Å². The van der Waals surface area contributed by atoms with E-state index >= 15 is 0 Å². The van der Waals surface area contributed by atoms with Crippen LogP contribution in [0, 0.1) is 17.5 Å². The fourth-order valence-electron chi connectivity index (χ4n) is 1.47. The molecule has 0 saturated carbocycles. The molecule has 1 aromatic heterocycles. The summed E-state index contributed by atoms with van der Waals surface area (Å²) in [4.78, 5) is 0. The van der Waals surface area contributed by atoms with E-state index in [2.05, 4.69) is 10.2 Å². The Hall–Kier alpha value is -1.56. The van der Waals surface area contributed by atoms with E-state index in [9.17, 15) is 13.2 Å². The van der Waals surface area contributed by atoms with Gasteiger partial charge in [-0.3, -0.25) is 4.57 Å². The lowest BCUT2D eigenvalue weighted by Crippen LogP contribution is -2.05. The monoisotopic (exact) mass is 261 g/mol. The van der Waals surface area contributed by atoms with Crippen molar-refractivity contribution in [2.24, 2.45) is 0 Å². The number of benzene rings is 1. The minimum atomic E-state index is -1.29. The van der Waals surface area contributed by atoms with Gasteiger partial charge >= 0.3 is 0 Å². The number of rotatable bonds is 2. The summed E-state index contributed by atoms with van der Waals surface area (Å²) >= 11 is 5.71. The van der Waals surface area contributed by atoms with Gasteiger partial charge in [0.1, 0.15) is 11.6 Å². The minimum Gasteiger partial charge on any atom is -0.267 e. The van der Waals surface area contributed by atoms with E-state index in [1.165, 1.54) is 0 Å². The van der Waals surface area contributed by atoms with Crippen LogP contribution in [0.25, 0.3) is 5.69 Å². The van der Waals surface area contributed by atoms with Crippen LogP contribution < -0.4 is 0 Å². The number of halogens is 4. The summed E-state index contributed by atoms with van der Waals surface area (Å²) in [6, 6.07) is 1.30. The lowest BCUT2D eigenvalue weighted by molar-refractivity contribution is 0.489. The zero-order valence-electron chi connectivity index (χ0n) is 8.72. The number of hydrogen-bond acceptors (Lipinski definition) is 2. The third kappa shape index (κ3) is 2.00. The van der Waals surface area contributed by atoms with Crippen LogP contribution in [0.1, 0.15) is 12.7 Å². The third-order valence-electron chi connectivity index (χ3n) is 2.22. The molecule has 17 heavy (non-hydrogen) atoms. The maximum absolute atomic E-state index is 13.6. The van der Waals surface area contributed by atoms with E-state index in [0.29, 0.717) is 18.3 Å². The zero-order chi connectivity index (χ0) is 12.6. The highest BCUT2D eigenvalue weighted by Crippen LogP contribution is 2.23. The van der Waals surface area contributed by atoms with Gasteiger partial charge in [-0.15, -0.1) is 10.2 Å². The van der Waals surface area contributed by atoms with Crippen LogP contribution >= 0.6 is 11.6 Å². The summed E-state index contributed by atoms with van der Waals surface area (Å²) < 4.78 is 40.8. The fourth-order valence-corrected chi connectivity index (χ4v) is 1.69. The van der Waals surface area contributed by atoms with Gasteiger partial charge in [-0.05, 0) is 11.6 Å². The highest BCUT2D eigenvalue weighted by atomic mass is 35.5. The Morgan fingerprint density at radius 2 is 1.94 bits per heavy atom. The van der Waals surface area contributed by atoms with Gasteiger partial charge in [0.25, 0.3) is 0 Å². The molecule has 0 spiro atoms. The van der Waals surface area contributed by atoms with Crippen molar-refractivity contribution in [3.8, 4) is 5.69 Å². The smallest absolute Gasteiger partial charge is 0.229 e. The molecule has 0 N–H and O–H groups in total. The van der Waals surface area contributed by atoms with Crippen molar-refractivity contribution in [1.82, 2.24) is 14.8 Å². The van der Waals surface area contributed by atoms with Crippen LogP contribution in [-0.2, 0) is 6.42 Å². The molecule has 2 rings (SSSR count). The second-order valence-corrected chi connectivity index (χ2v) is 3.63. The van der Waals surface area contributed by atoms with Gasteiger partial charge in [0, 0.05) is 18.6 Å². The van der Waals surface area contributed by atoms with Gasteiger partial charge in [0.15, 0.2) is 11.6 Å². The SMILES string of the molecule is CCc1nnc(Cl)n1-c1cc(F)cc(F)c1F. The molecule has 0 atom stereocenters. The van der Waals surface area contributed by atoms with Crippen molar-refractivity contribution in [2.45, 2.75) is 13.3 Å². The zero-order valence-corrected chi connectivity index (χ0v) is 9.47. The Bertz CT molecular complexity index is 568. The highest BCUT2D eigenvalue weighted by Gasteiger charge is 2.18. The number of nitrogens with zero attached hydrogens (tertiary/aromatic N) is 3. The minimum absolute atomic E-state index is 0.147. The van der Waals surface area contributed by atoms with E-state index < -0.39 is 17.5 Å². The summed E-state index contributed by atoms with van der Waals surface area (Å²) in [5, 5.41) is 7.06. The summed E-state index contributed by atoms with van der Waals surface area (Å²) in [7, 11) is 0. The molecule has 1 aromatic carbocycles. The molecule has 0 unspecified atom stereocenters. The first kappa shape index (κ1) is 11.9. The van der Waals surface area contributed by atoms with E-state index in [4.69, 9.17) is 11.6 Å². The molecule has 0 aliphatic heterocycles. The summed E-state index contributed by atoms with van der Waals surface area (Å²) in [5.74, 6) is -3.06. The molecule has 0 fully saturated rings. The Morgan fingerprint density at radius 3 is 2.59 bits per heavy atom. The van der Waals surface area contributed by atoms with Gasteiger partial charge in [-0.25, -0.2) is 13.2 Å². The van der Waals surface area contributed by atoms with Crippen LogP contribution in [0.2, 0.25) is 5.28 Å².